The Labute approximate surface area is 179 Å². The molecule has 2 heterocycles. The van der Waals surface area contributed by atoms with Crippen molar-refractivity contribution >= 4 is 29.1 Å². The Balaban J connectivity index is 1.26. The molecule has 3 aromatic rings. The monoisotopic (exact) mass is 418 g/mol. The average molecular weight is 418 g/mol. The third kappa shape index (κ3) is 5.00. The lowest BCUT2D eigenvalue weighted by molar-refractivity contribution is -0.129. The van der Waals surface area contributed by atoms with Gasteiger partial charge in [0.05, 0.1) is 12.2 Å². The summed E-state index contributed by atoms with van der Waals surface area (Å²) in [5, 5.41) is 15.2. The van der Waals surface area contributed by atoms with Gasteiger partial charge >= 0.3 is 0 Å². The third-order valence-corrected chi connectivity index (χ3v) is 4.94. The van der Waals surface area contributed by atoms with Crippen molar-refractivity contribution in [3.05, 3.63) is 54.6 Å². The number of amides is 3. The average Bonchev–Trinajstić information content (AvgIpc) is 3.24. The number of tetrazole rings is 1. The summed E-state index contributed by atoms with van der Waals surface area (Å²) >= 11 is 0. The number of benzene rings is 2. The molecule has 1 aliphatic rings. The van der Waals surface area contributed by atoms with E-state index in [4.69, 9.17) is 0 Å². The summed E-state index contributed by atoms with van der Waals surface area (Å²) in [5.41, 5.74) is 2.03. The number of rotatable bonds is 7. The molecule has 4 rings (SSSR count). The van der Waals surface area contributed by atoms with Gasteiger partial charge in [-0.2, -0.15) is 4.80 Å². The number of piperidine rings is 1. The Morgan fingerprint density at radius 3 is 2.39 bits per heavy atom. The molecule has 3 amide bonds. The number of hydrogen-bond acceptors (Lipinski definition) is 6. The van der Waals surface area contributed by atoms with Crippen LogP contribution in [0.15, 0.2) is 54.6 Å². The first-order chi connectivity index (χ1) is 15.1. The lowest BCUT2D eigenvalue weighted by atomic mass is 10.1. The van der Waals surface area contributed by atoms with Gasteiger partial charge in [0.15, 0.2) is 0 Å². The van der Waals surface area contributed by atoms with Crippen LogP contribution in [0.5, 0.6) is 0 Å². The number of imide groups is 1. The highest BCUT2D eigenvalue weighted by atomic mass is 16.2. The lowest BCUT2D eigenvalue weighted by Gasteiger charge is -2.24. The van der Waals surface area contributed by atoms with E-state index in [-0.39, 0.29) is 17.7 Å². The smallest absolute Gasteiger partial charge is 0.233 e. The van der Waals surface area contributed by atoms with Gasteiger partial charge in [0.25, 0.3) is 0 Å². The summed E-state index contributed by atoms with van der Waals surface area (Å²) in [6, 6.07) is 16.3. The Bertz CT molecular complexity index is 1060. The molecule has 31 heavy (non-hydrogen) atoms. The van der Waals surface area contributed by atoms with Crippen LogP contribution in [0.25, 0.3) is 11.4 Å². The zero-order valence-corrected chi connectivity index (χ0v) is 16.9. The van der Waals surface area contributed by atoms with Gasteiger partial charge in [-0.3, -0.25) is 19.3 Å². The first-order valence-corrected chi connectivity index (χ1v) is 10.2. The van der Waals surface area contributed by atoms with Crippen molar-refractivity contribution in [2.75, 3.05) is 10.2 Å². The van der Waals surface area contributed by atoms with Crippen molar-refractivity contribution in [1.29, 1.82) is 0 Å². The van der Waals surface area contributed by atoms with Crippen molar-refractivity contribution in [2.24, 2.45) is 0 Å². The van der Waals surface area contributed by atoms with E-state index < -0.39 is 0 Å². The number of aromatic nitrogens is 4. The van der Waals surface area contributed by atoms with Gasteiger partial charge in [-0.1, -0.05) is 30.3 Å². The van der Waals surface area contributed by atoms with Crippen molar-refractivity contribution in [2.45, 2.75) is 38.6 Å². The van der Waals surface area contributed by atoms with E-state index in [1.165, 1.54) is 9.70 Å². The fourth-order valence-corrected chi connectivity index (χ4v) is 3.38. The second kappa shape index (κ2) is 9.29. The molecule has 0 saturated carbocycles. The molecule has 0 spiro atoms. The molecule has 9 heteroatoms. The highest BCUT2D eigenvalue weighted by Crippen LogP contribution is 2.23. The van der Waals surface area contributed by atoms with E-state index in [0.29, 0.717) is 55.8 Å². The summed E-state index contributed by atoms with van der Waals surface area (Å²) in [7, 11) is 0. The summed E-state index contributed by atoms with van der Waals surface area (Å²) in [5.74, 6) is 0.0347. The highest BCUT2D eigenvalue weighted by molar-refractivity contribution is 6.16. The van der Waals surface area contributed by atoms with Gasteiger partial charge in [0.2, 0.25) is 23.5 Å². The van der Waals surface area contributed by atoms with E-state index in [2.05, 4.69) is 20.7 Å². The molecular formula is C22H22N6O3. The molecule has 158 valence electrons. The normalized spacial score (nSPS) is 14.0. The maximum absolute atomic E-state index is 12.2. The molecule has 1 aliphatic heterocycles. The highest BCUT2D eigenvalue weighted by Gasteiger charge is 2.27. The van der Waals surface area contributed by atoms with Crippen LogP contribution in [0.1, 0.15) is 32.1 Å². The molecule has 9 nitrogen and oxygen atoms in total. The van der Waals surface area contributed by atoms with Crippen molar-refractivity contribution in [3.8, 4) is 11.4 Å². The summed E-state index contributed by atoms with van der Waals surface area (Å²) in [6.45, 7) is 0.478. The predicted molar refractivity (Wildman–Crippen MR) is 114 cm³/mol. The Morgan fingerprint density at radius 2 is 1.68 bits per heavy atom. The molecule has 0 unspecified atom stereocenters. The molecular weight excluding hydrogens is 396 g/mol. The van der Waals surface area contributed by atoms with E-state index in [9.17, 15) is 14.4 Å². The van der Waals surface area contributed by atoms with E-state index >= 15 is 0 Å². The van der Waals surface area contributed by atoms with Crippen LogP contribution >= 0.6 is 0 Å². The number of nitrogens with zero attached hydrogens (tertiary/aromatic N) is 5. The second-order valence-electron chi connectivity index (χ2n) is 7.25. The summed E-state index contributed by atoms with van der Waals surface area (Å²) in [4.78, 5) is 38.9. The standard InChI is InChI=1S/C22H22N6O3/c29-19(8-5-15-27-25-22(24-26-27)16-6-2-1-3-7-16)23-17-11-13-18(14-12-17)28-20(30)9-4-10-21(28)31/h1-3,6-7,11-14H,4-5,8-10,15H2,(H,23,29). The Kier molecular flexibility index (Phi) is 6.11. The first-order valence-electron chi connectivity index (χ1n) is 10.2. The van der Waals surface area contributed by atoms with Gasteiger partial charge in [-0.25, -0.2) is 0 Å². The Morgan fingerprint density at radius 1 is 0.968 bits per heavy atom. The van der Waals surface area contributed by atoms with Crippen LogP contribution in [-0.2, 0) is 20.9 Å². The minimum Gasteiger partial charge on any atom is -0.326 e. The van der Waals surface area contributed by atoms with Gasteiger partial charge in [-0.05, 0) is 42.3 Å². The molecule has 0 radical (unpaired) electrons. The number of nitrogens with one attached hydrogen (secondary N) is 1. The number of aryl methyl sites for hydroxylation is 1. The topological polar surface area (TPSA) is 110 Å². The maximum Gasteiger partial charge on any atom is 0.233 e. The fraction of sp³-hybridized carbons (Fsp3) is 0.273. The first kappa shape index (κ1) is 20.4. The number of anilines is 2. The largest absolute Gasteiger partial charge is 0.326 e. The van der Waals surface area contributed by atoms with Gasteiger partial charge in [-0.15, -0.1) is 10.2 Å². The number of hydrogen-bond donors (Lipinski definition) is 1. The van der Waals surface area contributed by atoms with Crippen molar-refractivity contribution in [1.82, 2.24) is 20.2 Å². The molecule has 1 fully saturated rings. The van der Waals surface area contributed by atoms with Crippen LogP contribution in [0.2, 0.25) is 0 Å². The van der Waals surface area contributed by atoms with Crippen molar-refractivity contribution < 1.29 is 14.4 Å². The Hall–Kier alpha value is -3.88. The van der Waals surface area contributed by atoms with Crippen LogP contribution in [0.4, 0.5) is 11.4 Å². The zero-order valence-electron chi connectivity index (χ0n) is 16.9. The van der Waals surface area contributed by atoms with Gasteiger partial charge < -0.3 is 5.32 Å². The second-order valence-corrected chi connectivity index (χ2v) is 7.25. The van der Waals surface area contributed by atoms with Crippen LogP contribution < -0.4 is 10.2 Å². The van der Waals surface area contributed by atoms with Crippen molar-refractivity contribution in [3.63, 3.8) is 0 Å². The molecule has 1 saturated heterocycles. The SMILES string of the molecule is O=C(CCCn1nnc(-c2ccccc2)n1)Nc1ccc(N2C(=O)CCCC2=O)cc1. The molecule has 0 bridgehead atoms. The zero-order chi connectivity index (χ0) is 21.6. The molecule has 2 aromatic carbocycles. The van der Waals surface area contributed by atoms with Gasteiger partial charge in [0.1, 0.15) is 0 Å². The van der Waals surface area contributed by atoms with Crippen LogP contribution in [0, 0.1) is 0 Å². The fourth-order valence-electron chi connectivity index (χ4n) is 3.38. The van der Waals surface area contributed by atoms with E-state index in [0.717, 1.165) is 5.56 Å². The molecule has 0 atom stereocenters. The number of carbonyl (C=O) groups excluding carboxylic acids is 3. The maximum atomic E-state index is 12.2. The van der Waals surface area contributed by atoms with E-state index in [1.807, 2.05) is 30.3 Å². The third-order valence-electron chi connectivity index (χ3n) is 4.94. The number of carbonyl (C=O) groups is 3. The molecule has 1 aromatic heterocycles. The minimum atomic E-state index is -0.190. The summed E-state index contributed by atoms with van der Waals surface area (Å²) < 4.78 is 0. The predicted octanol–water partition coefficient (Wildman–Crippen LogP) is 2.80. The van der Waals surface area contributed by atoms with Crippen LogP contribution in [0.3, 0.4) is 0 Å². The quantitative estimate of drug-likeness (QED) is 0.591. The van der Waals surface area contributed by atoms with Gasteiger partial charge in [0, 0.05) is 30.5 Å². The minimum absolute atomic E-state index is 0.138. The van der Waals surface area contributed by atoms with Crippen LogP contribution in [-0.4, -0.2) is 37.9 Å². The summed E-state index contributed by atoms with van der Waals surface area (Å²) in [6.07, 6.45) is 2.20. The molecule has 1 N–H and O–H groups in total. The van der Waals surface area contributed by atoms with E-state index in [1.54, 1.807) is 24.3 Å². The lowest BCUT2D eigenvalue weighted by Crippen LogP contribution is -2.40. The molecule has 0 aliphatic carbocycles.